The van der Waals surface area contributed by atoms with Gasteiger partial charge in [0, 0.05) is 23.7 Å². The van der Waals surface area contributed by atoms with E-state index < -0.39 is 0 Å². The predicted molar refractivity (Wildman–Crippen MR) is 90.9 cm³/mol. The summed E-state index contributed by atoms with van der Waals surface area (Å²) < 4.78 is 0. The summed E-state index contributed by atoms with van der Waals surface area (Å²) in [6.45, 7) is 18.4. The molecule has 1 amide bonds. The molecule has 120 valence electrons. The lowest BCUT2D eigenvalue weighted by Crippen LogP contribution is -2.43. The highest BCUT2D eigenvalue weighted by Gasteiger charge is 2.26. The Morgan fingerprint density at radius 1 is 1.05 bits per heavy atom. The first-order valence-corrected chi connectivity index (χ1v) is 7.70. The van der Waals surface area contributed by atoms with Gasteiger partial charge < -0.3 is 4.90 Å². The van der Waals surface area contributed by atoms with Crippen molar-refractivity contribution in [1.29, 1.82) is 0 Å². The zero-order chi connectivity index (χ0) is 17.0. The number of aryl methyl sites for hydroxylation is 1. The molecule has 0 atom stereocenters. The molecular formula is C18H32N2O. The van der Waals surface area contributed by atoms with E-state index in [2.05, 4.69) is 25.8 Å². The number of rotatable bonds is 1. The summed E-state index contributed by atoms with van der Waals surface area (Å²) in [7, 11) is 1.82. The minimum absolute atomic E-state index is 0.0262. The van der Waals surface area contributed by atoms with Crippen LogP contribution in [0.25, 0.3) is 0 Å². The van der Waals surface area contributed by atoms with Crippen LogP contribution in [0.4, 0.5) is 0 Å². The van der Waals surface area contributed by atoms with Gasteiger partial charge in [0.1, 0.15) is 5.69 Å². The van der Waals surface area contributed by atoms with E-state index in [0.717, 1.165) is 11.3 Å². The second kappa shape index (κ2) is 7.06. The van der Waals surface area contributed by atoms with E-state index in [4.69, 9.17) is 0 Å². The summed E-state index contributed by atoms with van der Waals surface area (Å²) in [6.07, 6.45) is 0. The molecule has 1 heterocycles. The molecule has 3 heteroatoms. The fourth-order valence-electron chi connectivity index (χ4n) is 1.64. The third kappa shape index (κ3) is 5.49. The molecule has 21 heavy (non-hydrogen) atoms. The van der Waals surface area contributed by atoms with Gasteiger partial charge in [0.25, 0.3) is 5.91 Å². The quantitative estimate of drug-likeness (QED) is 0.759. The summed E-state index contributed by atoms with van der Waals surface area (Å²) in [6, 6.07) is 3.91. The van der Waals surface area contributed by atoms with Crippen LogP contribution in [0.1, 0.15) is 77.1 Å². The van der Waals surface area contributed by atoms with Crippen LogP contribution in [0.15, 0.2) is 12.1 Å². The van der Waals surface area contributed by atoms with Gasteiger partial charge >= 0.3 is 0 Å². The van der Waals surface area contributed by atoms with Crippen LogP contribution >= 0.6 is 0 Å². The number of hydrogen-bond donors (Lipinski definition) is 0. The lowest BCUT2D eigenvalue weighted by atomic mass is 9.90. The zero-order valence-electron chi connectivity index (χ0n) is 15.5. The number of aromatic nitrogens is 1. The number of pyridine rings is 1. The highest BCUT2D eigenvalue weighted by atomic mass is 16.2. The van der Waals surface area contributed by atoms with Crippen molar-refractivity contribution in [2.75, 3.05) is 7.05 Å². The minimum Gasteiger partial charge on any atom is -0.336 e. The lowest BCUT2D eigenvalue weighted by molar-refractivity contribution is 0.0649. The molecule has 0 radical (unpaired) electrons. The first-order valence-electron chi connectivity index (χ1n) is 7.70. The Hall–Kier alpha value is -1.38. The SMILES string of the molecule is CC.Cc1cc(C(=O)N(C)C(C)(C)C)nc(C(C)(C)C)c1. The standard InChI is InChI=1S/C16H26N2O.C2H6/c1-11-9-12(14(19)18(8)16(5,6)7)17-13(10-11)15(2,3)4;1-2/h9-10H,1-8H3;1-2H3. The summed E-state index contributed by atoms with van der Waals surface area (Å²) in [5.74, 6) is -0.0262. The van der Waals surface area contributed by atoms with Crippen LogP contribution in [0.3, 0.4) is 0 Å². The largest absolute Gasteiger partial charge is 0.336 e. The van der Waals surface area contributed by atoms with Gasteiger partial charge in [0.15, 0.2) is 0 Å². The van der Waals surface area contributed by atoms with Crippen molar-refractivity contribution in [2.45, 2.75) is 73.3 Å². The molecule has 0 saturated heterocycles. The van der Waals surface area contributed by atoms with Crippen molar-refractivity contribution in [2.24, 2.45) is 0 Å². The zero-order valence-corrected chi connectivity index (χ0v) is 15.5. The molecule has 1 aromatic rings. The molecule has 1 aromatic heterocycles. The first kappa shape index (κ1) is 19.6. The molecule has 0 aromatic carbocycles. The van der Waals surface area contributed by atoms with E-state index >= 15 is 0 Å². The van der Waals surface area contributed by atoms with E-state index in [9.17, 15) is 4.79 Å². The Morgan fingerprint density at radius 2 is 1.52 bits per heavy atom. The van der Waals surface area contributed by atoms with Gasteiger partial charge in [-0.25, -0.2) is 4.98 Å². The Morgan fingerprint density at radius 3 is 1.90 bits per heavy atom. The molecule has 0 aliphatic carbocycles. The van der Waals surface area contributed by atoms with Crippen molar-refractivity contribution < 1.29 is 4.79 Å². The van der Waals surface area contributed by atoms with Crippen molar-refractivity contribution in [3.05, 3.63) is 29.1 Å². The van der Waals surface area contributed by atoms with Crippen LogP contribution in [0.2, 0.25) is 0 Å². The van der Waals surface area contributed by atoms with Crippen LogP contribution in [0.5, 0.6) is 0 Å². The first-order chi connectivity index (χ1) is 9.43. The molecule has 1 rings (SSSR count). The third-order valence-electron chi connectivity index (χ3n) is 3.27. The molecule has 0 bridgehead atoms. The summed E-state index contributed by atoms with van der Waals surface area (Å²) in [5, 5.41) is 0. The molecule has 0 saturated carbocycles. The molecule has 0 unspecified atom stereocenters. The monoisotopic (exact) mass is 292 g/mol. The fourth-order valence-corrected chi connectivity index (χ4v) is 1.64. The second-order valence-corrected chi connectivity index (χ2v) is 7.20. The van der Waals surface area contributed by atoms with E-state index in [0.29, 0.717) is 5.69 Å². The Labute approximate surface area is 130 Å². The fraction of sp³-hybridized carbons (Fsp3) is 0.667. The average molecular weight is 292 g/mol. The Bertz CT molecular complexity index is 479. The average Bonchev–Trinajstić information content (AvgIpc) is 2.36. The van der Waals surface area contributed by atoms with Crippen LogP contribution < -0.4 is 0 Å². The highest BCUT2D eigenvalue weighted by molar-refractivity contribution is 5.92. The van der Waals surface area contributed by atoms with Crippen molar-refractivity contribution in [3.63, 3.8) is 0 Å². The molecule has 3 nitrogen and oxygen atoms in total. The number of hydrogen-bond acceptors (Lipinski definition) is 2. The maximum atomic E-state index is 12.5. The van der Waals surface area contributed by atoms with E-state index in [1.807, 2.05) is 60.7 Å². The predicted octanol–water partition coefficient (Wildman–Crippen LogP) is 4.58. The lowest BCUT2D eigenvalue weighted by Gasteiger charge is -2.32. The van der Waals surface area contributed by atoms with Crippen molar-refractivity contribution >= 4 is 5.91 Å². The normalized spacial score (nSPS) is 11.5. The third-order valence-corrected chi connectivity index (χ3v) is 3.27. The van der Waals surface area contributed by atoms with Gasteiger partial charge in [-0.3, -0.25) is 4.79 Å². The highest BCUT2D eigenvalue weighted by Crippen LogP contribution is 2.23. The van der Waals surface area contributed by atoms with Gasteiger partial charge in [0.2, 0.25) is 0 Å². The Kier molecular flexibility index (Phi) is 6.59. The molecular weight excluding hydrogens is 260 g/mol. The molecule has 0 aliphatic rings. The maximum Gasteiger partial charge on any atom is 0.272 e. The van der Waals surface area contributed by atoms with E-state index in [-0.39, 0.29) is 16.9 Å². The van der Waals surface area contributed by atoms with Gasteiger partial charge in [-0.1, -0.05) is 34.6 Å². The molecule has 0 aliphatic heterocycles. The van der Waals surface area contributed by atoms with E-state index in [1.165, 1.54) is 0 Å². The second-order valence-electron chi connectivity index (χ2n) is 7.20. The van der Waals surface area contributed by atoms with Crippen molar-refractivity contribution in [3.8, 4) is 0 Å². The summed E-state index contributed by atoms with van der Waals surface area (Å²) in [5.41, 5.74) is 2.30. The molecule has 0 spiro atoms. The molecule has 0 N–H and O–H groups in total. The van der Waals surface area contributed by atoms with Gasteiger partial charge in [-0.2, -0.15) is 0 Å². The maximum absolute atomic E-state index is 12.5. The van der Waals surface area contributed by atoms with Gasteiger partial charge in [-0.05, 0) is 45.4 Å². The number of carbonyl (C=O) groups excluding carboxylic acids is 1. The van der Waals surface area contributed by atoms with E-state index in [1.54, 1.807) is 4.90 Å². The topological polar surface area (TPSA) is 33.2 Å². The van der Waals surface area contributed by atoms with Gasteiger partial charge in [-0.15, -0.1) is 0 Å². The van der Waals surface area contributed by atoms with Crippen LogP contribution in [-0.2, 0) is 5.41 Å². The minimum atomic E-state index is -0.204. The Balaban J connectivity index is 0.00000191. The number of carbonyl (C=O) groups is 1. The number of amides is 1. The number of nitrogens with zero attached hydrogens (tertiary/aromatic N) is 2. The van der Waals surface area contributed by atoms with Crippen LogP contribution in [0, 0.1) is 6.92 Å². The van der Waals surface area contributed by atoms with Gasteiger partial charge in [0.05, 0.1) is 0 Å². The van der Waals surface area contributed by atoms with Crippen molar-refractivity contribution in [1.82, 2.24) is 9.88 Å². The molecule has 0 fully saturated rings. The summed E-state index contributed by atoms with van der Waals surface area (Å²) >= 11 is 0. The smallest absolute Gasteiger partial charge is 0.272 e. The summed E-state index contributed by atoms with van der Waals surface area (Å²) in [4.78, 5) is 18.8. The van der Waals surface area contributed by atoms with Crippen LogP contribution in [-0.4, -0.2) is 28.4 Å².